The maximum Gasteiger partial charge on any atom is 0.285 e. The monoisotopic (exact) mass is 316 g/mol. The lowest BCUT2D eigenvalue weighted by molar-refractivity contribution is -0.0494. The lowest BCUT2D eigenvalue weighted by Gasteiger charge is -2.37. The van der Waals surface area contributed by atoms with Crippen LogP contribution in [0.1, 0.15) is 18.9 Å². The molecule has 0 bridgehead atoms. The first-order valence-corrected chi connectivity index (χ1v) is 7.67. The molecule has 1 aliphatic heterocycles. The highest BCUT2D eigenvalue weighted by Gasteiger charge is 2.35. The first-order chi connectivity index (χ1) is 10.4. The highest BCUT2D eigenvalue weighted by molar-refractivity contribution is 5.21. The second kappa shape index (κ2) is 7.44. The number of alkyl halides is 2. The van der Waals surface area contributed by atoms with Gasteiger partial charge in [-0.05, 0) is 18.6 Å². The Balaban J connectivity index is 1.85. The van der Waals surface area contributed by atoms with Gasteiger partial charge in [-0.3, -0.25) is 9.80 Å². The largest absolute Gasteiger partial charge is 0.392 e. The van der Waals surface area contributed by atoms with Gasteiger partial charge in [0.25, 0.3) is 5.92 Å². The van der Waals surface area contributed by atoms with Gasteiger partial charge in [0.15, 0.2) is 0 Å². The minimum Gasteiger partial charge on any atom is -0.392 e. The van der Waals surface area contributed by atoms with E-state index in [-0.39, 0.29) is 18.2 Å². The van der Waals surface area contributed by atoms with E-state index >= 15 is 0 Å². The summed E-state index contributed by atoms with van der Waals surface area (Å²) in [6.07, 6.45) is 0.343. The Bertz CT molecular complexity index is 459. The Morgan fingerprint density at radius 1 is 1.09 bits per heavy atom. The highest BCUT2D eigenvalue weighted by Crippen LogP contribution is 2.29. The zero-order valence-corrected chi connectivity index (χ0v) is 12.8. The average Bonchev–Trinajstić information content (AvgIpc) is 2.49. The number of aliphatic hydroxyl groups excluding tert-OH is 1. The van der Waals surface area contributed by atoms with Gasteiger partial charge in [0.2, 0.25) is 0 Å². The Labute approximate surface area is 129 Å². The second-order valence-electron chi connectivity index (χ2n) is 5.85. The van der Waals surface area contributed by atoms with Crippen LogP contribution in [0.15, 0.2) is 24.3 Å². The highest BCUT2D eigenvalue weighted by atomic mass is 19.3. The Hall–Kier alpha value is -1.11. The van der Waals surface area contributed by atoms with E-state index in [4.69, 9.17) is 0 Å². The molecule has 0 radical (unpaired) electrons. The number of nitrogens with zero attached hydrogens (tertiary/aromatic N) is 2. The molecule has 124 valence electrons. The molecule has 0 spiro atoms. The first-order valence-electron chi connectivity index (χ1n) is 7.67. The zero-order valence-electron chi connectivity index (χ0n) is 12.8. The van der Waals surface area contributed by atoms with E-state index in [0.717, 1.165) is 24.3 Å². The van der Waals surface area contributed by atoms with Crippen molar-refractivity contribution in [3.05, 3.63) is 35.6 Å². The van der Waals surface area contributed by atoms with Crippen LogP contribution in [-0.2, 0) is 5.92 Å². The van der Waals surface area contributed by atoms with Crippen molar-refractivity contribution in [3.8, 4) is 0 Å². The fraction of sp³-hybridized carbons (Fsp3) is 0.625. The third-order valence-electron chi connectivity index (χ3n) is 4.09. The lowest BCUT2D eigenvalue weighted by atomic mass is 10.1. The molecule has 22 heavy (non-hydrogen) atoms. The van der Waals surface area contributed by atoms with Crippen molar-refractivity contribution in [1.29, 1.82) is 0 Å². The first kappa shape index (κ1) is 17.2. The van der Waals surface area contributed by atoms with Gasteiger partial charge >= 0.3 is 0 Å². The van der Waals surface area contributed by atoms with Crippen molar-refractivity contribution >= 4 is 0 Å². The number of rotatable bonds is 6. The molecule has 6 heteroatoms. The van der Waals surface area contributed by atoms with Gasteiger partial charge in [0.1, 0.15) is 5.82 Å². The average molecular weight is 316 g/mol. The lowest BCUT2D eigenvalue weighted by Crippen LogP contribution is -2.50. The number of hydrogen-bond acceptors (Lipinski definition) is 3. The number of hydrogen-bond donors (Lipinski definition) is 1. The molecule has 1 aromatic rings. The van der Waals surface area contributed by atoms with Crippen molar-refractivity contribution < 1.29 is 18.3 Å². The minimum atomic E-state index is -2.99. The number of benzene rings is 1. The van der Waals surface area contributed by atoms with Crippen LogP contribution in [0.2, 0.25) is 0 Å². The van der Waals surface area contributed by atoms with Gasteiger partial charge in [0.05, 0.1) is 12.6 Å². The maximum atomic E-state index is 14.2. The standard InChI is InChI=1S/C16H23F3N2O/c1-2-15(22)11-20-7-9-21(10-8-20)12-16(18,19)13-3-5-14(17)6-4-13/h3-6,15,22H,2,7-12H2,1H3. The summed E-state index contributed by atoms with van der Waals surface area (Å²) in [4.78, 5) is 3.82. The van der Waals surface area contributed by atoms with E-state index in [1.807, 2.05) is 6.92 Å². The Kier molecular flexibility index (Phi) is 5.83. The molecule has 1 fully saturated rings. The van der Waals surface area contributed by atoms with Crippen molar-refractivity contribution in [3.63, 3.8) is 0 Å². The van der Waals surface area contributed by atoms with E-state index in [9.17, 15) is 18.3 Å². The maximum absolute atomic E-state index is 14.2. The molecule has 0 aromatic heterocycles. The fourth-order valence-electron chi connectivity index (χ4n) is 2.62. The van der Waals surface area contributed by atoms with Crippen molar-refractivity contribution in [2.75, 3.05) is 39.3 Å². The summed E-state index contributed by atoms with van der Waals surface area (Å²) in [5.41, 5.74) is -0.155. The van der Waals surface area contributed by atoms with Crippen LogP contribution in [0.4, 0.5) is 13.2 Å². The van der Waals surface area contributed by atoms with E-state index in [1.165, 1.54) is 0 Å². The molecule has 0 aliphatic carbocycles. The minimum absolute atomic E-state index is 0.155. The van der Waals surface area contributed by atoms with Crippen molar-refractivity contribution in [1.82, 2.24) is 9.80 Å². The predicted octanol–water partition coefficient (Wildman–Crippen LogP) is 2.31. The van der Waals surface area contributed by atoms with E-state index in [2.05, 4.69) is 4.90 Å². The van der Waals surface area contributed by atoms with Crippen LogP contribution in [0.3, 0.4) is 0 Å². The van der Waals surface area contributed by atoms with E-state index in [0.29, 0.717) is 39.1 Å². The van der Waals surface area contributed by atoms with Crippen molar-refractivity contribution in [2.24, 2.45) is 0 Å². The van der Waals surface area contributed by atoms with Crippen molar-refractivity contribution in [2.45, 2.75) is 25.4 Å². The van der Waals surface area contributed by atoms with Crippen LogP contribution in [-0.4, -0.2) is 60.3 Å². The number of aliphatic hydroxyl groups is 1. The number of β-amino-alcohol motifs (C(OH)–C–C–N with tert-alkyl or cyclic N) is 1. The van der Waals surface area contributed by atoms with E-state index in [1.54, 1.807) is 4.90 Å². The normalized spacial score (nSPS) is 19.3. The summed E-state index contributed by atoms with van der Waals surface area (Å²) in [5, 5.41) is 9.63. The summed E-state index contributed by atoms with van der Waals surface area (Å²) >= 11 is 0. The zero-order chi connectivity index (χ0) is 16.2. The predicted molar refractivity (Wildman–Crippen MR) is 79.5 cm³/mol. The summed E-state index contributed by atoms with van der Waals surface area (Å²) in [7, 11) is 0. The molecule has 2 rings (SSSR count). The molecule has 0 amide bonds. The Morgan fingerprint density at radius 3 is 2.18 bits per heavy atom. The third kappa shape index (κ3) is 4.69. The van der Waals surface area contributed by atoms with Crippen LogP contribution in [0, 0.1) is 5.82 Å². The second-order valence-corrected chi connectivity index (χ2v) is 5.85. The molecular weight excluding hydrogens is 293 g/mol. The number of halogens is 3. The fourth-order valence-corrected chi connectivity index (χ4v) is 2.62. The summed E-state index contributed by atoms with van der Waals surface area (Å²) in [6, 6.07) is 4.41. The summed E-state index contributed by atoms with van der Waals surface area (Å²) in [5.74, 6) is -3.50. The molecule has 0 saturated carbocycles. The molecule has 1 heterocycles. The summed E-state index contributed by atoms with van der Waals surface area (Å²) < 4.78 is 41.3. The topological polar surface area (TPSA) is 26.7 Å². The molecular formula is C16H23F3N2O. The van der Waals surface area contributed by atoms with Gasteiger partial charge < -0.3 is 5.11 Å². The molecule has 1 N–H and O–H groups in total. The molecule has 1 unspecified atom stereocenters. The smallest absolute Gasteiger partial charge is 0.285 e. The van der Waals surface area contributed by atoms with Crippen LogP contribution in [0.25, 0.3) is 0 Å². The molecule has 1 saturated heterocycles. The van der Waals surface area contributed by atoms with Gasteiger partial charge in [-0.2, -0.15) is 8.78 Å². The van der Waals surface area contributed by atoms with E-state index < -0.39 is 11.7 Å². The van der Waals surface area contributed by atoms with Crippen LogP contribution >= 0.6 is 0 Å². The molecule has 3 nitrogen and oxygen atoms in total. The molecule has 1 aromatic carbocycles. The van der Waals surface area contributed by atoms with Gasteiger partial charge in [0, 0.05) is 38.3 Å². The summed E-state index contributed by atoms with van der Waals surface area (Å²) in [6.45, 7) is 4.61. The Morgan fingerprint density at radius 2 is 1.64 bits per heavy atom. The SMILES string of the molecule is CCC(O)CN1CCN(CC(F)(F)c2ccc(F)cc2)CC1. The quantitative estimate of drug-likeness (QED) is 0.872. The molecule has 1 atom stereocenters. The van der Waals surface area contributed by atoms with Gasteiger partial charge in [-0.15, -0.1) is 0 Å². The van der Waals surface area contributed by atoms with Crippen LogP contribution in [0.5, 0.6) is 0 Å². The van der Waals surface area contributed by atoms with Gasteiger partial charge in [-0.25, -0.2) is 4.39 Å². The number of piperazine rings is 1. The van der Waals surface area contributed by atoms with Gasteiger partial charge in [-0.1, -0.05) is 19.1 Å². The molecule has 1 aliphatic rings. The van der Waals surface area contributed by atoms with Crippen LogP contribution < -0.4 is 0 Å². The third-order valence-corrected chi connectivity index (χ3v) is 4.09.